The largest absolute Gasteiger partial charge is 0.507 e. The number of aromatic hydroxyl groups is 1. The Kier molecular flexibility index (Phi) is 5.51. The third-order valence-corrected chi connectivity index (χ3v) is 4.67. The zero-order chi connectivity index (χ0) is 20.5. The molecule has 1 saturated heterocycles. The molecule has 0 spiro atoms. The Bertz CT molecular complexity index is 918. The number of phenolic OH excluding ortho intramolecular Hbond substituents is 1. The summed E-state index contributed by atoms with van der Waals surface area (Å²) in [6.45, 7) is -0.138. The zero-order valence-electron chi connectivity index (χ0n) is 14.5. The Morgan fingerprint density at radius 1 is 1.25 bits per heavy atom. The summed E-state index contributed by atoms with van der Waals surface area (Å²) in [6.07, 6.45) is -4.56. The highest BCUT2D eigenvalue weighted by atomic mass is 35.5. The van der Waals surface area contributed by atoms with Crippen molar-refractivity contribution in [3.63, 3.8) is 0 Å². The van der Waals surface area contributed by atoms with Gasteiger partial charge in [-0.25, -0.2) is 0 Å². The van der Waals surface area contributed by atoms with Gasteiger partial charge in [0.25, 0.3) is 5.91 Å². The number of phenols is 1. The monoisotopic (exact) mass is 412 g/mol. The van der Waals surface area contributed by atoms with Gasteiger partial charge in [-0.1, -0.05) is 29.8 Å². The number of carbonyl (C=O) groups excluding carboxylic acids is 2. The molecular weight excluding hydrogens is 397 g/mol. The number of amides is 2. The molecule has 2 aromatic carbocycles. The summed E-state index contributed by atoms with van der Waals surface area (Å²) >= 11 is 5.82. The van der Waals surface area contributed by atoms with Crippen LogP contribution in [0.4, 0.5) is 13.2 Å². The molecule has 0 saturated carbocycles. The standard InChI is InChI=1S/C19H16ClF3N2O3/c20-12-5-6-16(26)14(7-12)18(28)24-13-8-17(27)25(10-13)9-11-3-1-2-4-15(11)19(21,22)23/h1-7,13,26H,8-10H2,(H,24,28). The zero-order valence-corrected chi connectivity index (χ0v) is 15.2. The summed E-state index contributed by atoms with van der Waals surface area (Å²) in [4.78, 5) is 25.8. The molecule has 1 atom stereocenters. The molecule has 0 aliphatic carbocycles. The number of benzene rings is 2. The molecule has 28 heavy (non-hydrogen) atoms. The summed E-state index contributed by atoms with van der Waals surface area (Å²) in [6, 6.07) is 8.47. The SMILES string of the molecule is O=C(NC1CC(=O)N(Cc2ccccc2C(F)(F)F)C1)c1cc(Cl)ccc1O. The van der Waals surface area contributed by atoms with Crippen LogP contribution >= 0.6 is 11.6 Å². The number of nitrogens with zero attached hydrogens (tertiary/aromatic N) is 1. The van der Waals surface area contributed by atoms with Gasteiger partial charge < -0.3 is 15.3 Å². The van der Waals surface area contributed by atoms with E-state index >= 15 is 0 Å². The van der Waals surface area contributed by atoms with Crippen LogP contribution in [-0.2, 0) is 17.5 Å². The lowest BCUT2D eigenvalue weighted by molar-refractivity contribution is -0.139. The Morgan fingerprint density at radius 2 is 1.96 bits per heavy atom. The predicted octanol–water partition coefficient (Wildman–Crippen LogP) is 3.60. The molecule has 5 nitrogen and oxygen atoms in total. The van der Waals surface area contributed by atoms with Crippen molar-refractivity contribution in [2.24, 2.45) is 0 Å². The van der Waals surface area contributed by atoms with E-state index in [1.54, 1.807) is 0 Å². The van der Waals surface area contributed by atoms with Crippen LogP contribution in [0.3, 0.4) is 0 Å². The van der Waals surface area contributed by atoms with Gasteiger partial charge in [-0.05, 0) is 29.8 Å². The second-order valence-corrected chi connectivity index (χ2v) is 6.90. The number of carbonyl (C=O) groups is 2. The summed E-state index contributed by atoms with van der Waals surface area (Å²) in [7, 11) is 0. The van der Waals surface area contributed by atoms with Gasteiger partial charge >= 0.3 is 6.18 Å². The summed E-state index contributed by atoms with van der Waals surface area (Å²) in [5.74, 6) is -1.24. The molecule has 1 aliphatic rings. The van der Waals surface area contributed by atoms with Crippen molar-refractivity contribution < 1.29 is 27.9 Å². The Labute approximate surface area is 163 Å². The van der Waals surface area contributed by atoms with E-state index in [-0.39, 0.29) is 47.3 Å². The van der Waals surface area contributed by atoms with Crippen LogP contribution in [0.15, 0.2) is 42.5 Å². The molecule has 0 bridgehead atoms. The van der Waals surface area contributed by atoms with E-state index in [0.717, 1.165) is 6.07 Å². The molecule has 1 heterocycles. The van der Waals surface area contributed by atoms with E-state index in [4.69, 9.17) is 11.6 Å². The maximum Gasteiger partial charge on any atom is 0.416 e. The van der Waals surface area contributed by atoms with Gasteiger partial charge in [-0.2, -0.15) is 13.2 Å². The van der Waals surface area contributed by atoms with Crippen molar-refractivity contribution in [1.82, 2.24) is 10.2 Å². The van der Waals surface area contributed by atoms with E-state index in [9.17, 15) is 27.9 Å². The van der Waals surface area contributed by atoms with Crippen molar-refractivity contribution in [2.45, 2.75) is 25.2 Å². The third kappa shape index (κ3) is 4.39. The van der Waals surface area contributed by atoms with Crippen molar-refractivity contribution in [3.05, 3.63) is 64.2 Å². The maximum absolute atomic E-state index is 13.1. The van der Waals surface area contributed by atoms with Gasteiger partial charge in [-0.3, -0.25) is 9.59 Å². The summed E-state index contributed by atoms with van der Waals surface area (Å²) < 4.78 is 39.4. The number of hydrogen-bond donors (Lipinski definition) is 2. The minimum Gasteiger partial charge on any atom is -0.507 e. The van der Waals surface area contributed by atoms with Gasteiger partial charge in [0, 0.05) is 24.5 Å². The fourth-order valence-electron chi connectivity index (χ4n) is 3.12. The number of alkyl halides is 3. The third-order valence-electron chi connectivity index (χ3n) is 4.44. The molecule has 0 aromatic heterocycles. The molecule has 1 aliphatic heterocycles. The molecule has 9 heteroatoms. The van der Waals surface area contributed by atoms with Gasteiger partial charge in [0.15, 0.2) is 0 Å². The fraction of sp³-hybridized carbons (Fsp3) is 0.263. The van der Waals surface area contributed by atoms with Gasteiger partial charge in [0.2, 0.25) is 5.91 Å². The molecule has 2 N–H and O–H groups in total. The van der Waals surface area contributed by atoms with Crippen molar-refractivity contribution in [2.75, 3.05) is 6.54 Å². The number of halogens is 4. The van der Waals surface area contributed by atoms with Gasteiger partial charge in [0.05, 0.1) is 17.2 Å². The minimum absolute atomic E-state index is 0.0113. The topological polar surface area (TPSA) is 69.6 Å². The number of nitrogens with one attached hydrogen (secondary N) is 1. The van der Waals surface area contributed by atoms with E-state index in [1.807, 2.05) is 0 Å². The minimum atomic E-state index is -4.52. The first-order chi connectivity index (χ1) is 13.1. The first-order valence-electron chi connectivity index (χ1n) is 8.37. The highest BCUT2D eigenvalue weighted by Crippen LogP contribution is 2.33. The quantitative estimate of drug-likeness (QED) is 0.806. The number of likely N-dealkylation sites (tertiary alicyclic amines) is 1. The Morgan fingerprint density at radius 3 is 2.68 bits per heavy atom. The van der Waals surface area contributed by atoms with Crippen LogP contribution in [0.5, 0.6) is 5.75 Å². The highest BCUT2D eigenvalue weighted by Gasteiger charge is 2.36. The lowest BCUT2D eigenvalue weighted by Gasteiger charge is -2.20. The first kappa shape index (κ1) is 20.0. The van der Waals surface area contributed by atoms with Gasteiger partial charge in [-0.15, -0.1) is 0 Å². The van der Waals surface area contributed by atoms with Crippen LogP contribution in [0.25, 0.3) is 0 Å². The smallest absolute Gasteiger partial charge is 0.416 e. The van der Waals surface area contributed by atoms with E-state index in [0.29, 0.717) is 0 Å². The van der Waals surface area contributed by atoms with Crippen LogP contribution in [0, 0.1) is 0 Å². The fourth-order valence-corrected chi connectivity index (χ4v) is 3.29. The second-order valence-electron chi connectivity index (χ2n) is 6.47. The Hall–Kier alpha value is -2.74. The average molecular weight is 413 g/mol. The molecule has 148 valence electrons. The molecule has 2 amide bonds. The molecule has 1 fully saturated rings. The second kappa shape index (κ2) is 7.71. The highest BCUT2D eigenvalue weighted by molar-refractivity contribution is 6.31. The lowest BCUT2D eigenvalue weighted by atomic mass is 10.1. The van der Waals surface area contributed by atoms with E-state index in [2.05, 4.69) is 5.32 Å². The van der Waals surface area contributed by atoms with E-state index < -0.39 is 23.7 Å². The molecule has 1 unspecified atom stereocenters. The average Bonchev–Trinajstić information content (AvgIpc) is 2.95. The van der Waals surface area contributed by atoms with Crippen LogP contribution in [-0.4, -0.2) is 34.4 Å². The van der Waals surface area contributed by atoms with Crippen molar-refractivity contribution in [3.8, 4) is 5.75 Å². The molecular formula is C19H16ClF3N2O3. The van der Waals surface area contributed by atoms with Crippen molar-refractivity contribution in [1.29, 1.82) is 0 Å². The van der Waals surface area contributed by atoms with Crippen LogP contribution < -0.4 is 5.32 Å². The lowest BCUT2D eigenvalue weighted by Crippen LogP contribution is -2.37. The van der Waals surface area contributed by atoms with E-state index in [1.165, 1.54) is 41.3 Å². The van der Waals surface area contributed by atoms with Crippen LogP contribution in [0.1, 0.15) is 27.9 Å². The Balaban J connectivity index is 1.69. The molecule has 2 aromatic rings. The normalized spacial score (nSPS) is 17.1. The first-order valence-corrected chi connectivity index (χ1v) is 8.75. The molecule has 0 radical (unpaired) electrons. The number of hydrogen-bond acceptors (Lipinski definition) is 3. The maximum atomic E-state index is 13.1. The van der Waals surface area contributed by atoms with Crippen LogP contribution in [0.2, 0.25) is 5.02 Å². The number of rotatable bonds is 4. The molecule has 3 rings (SSSR count). The summed E-state index contributed by atoms with van der Waals surface area (Å²) in [5.41, 5.74) is -0.845. The summed E-state index contributed by atoms with van der Waals surface area (Å²) in [5, 5.41) is 12.7. The van der Waals surface area contributed by atoms with Crippen molar-refractivity contribution >= 4 is 23.4 Å². The predicted molar refractivity (Wildman–Crippen MR) is 95.8 cm³/mol. The van der Waals surface area contributed by atoms with Gasteiger partial charge in [0.1, 0.15) is 5.75 Å².